The summed E-state index contributed by atoms with van der Waals surface area (Å²) in [7, 11) is 0. The number of rotatable bonds is 7. The van der Waals surface area contributed by atoms with Gasteiger partial charge >= 0.3 is 0 Å². The summed E-state index contributed by atoms with van der Waals surface area (Å²) in [5.41, 5.74) is 3.52. The summed E-state index contributed by atoms with van der Waals surface area (Å²) < 4.78 is 19.8. The Morgan fingerprint density at radius 2 is 1.94 bits per heavy atom. The fourth-order valence-corrected chi connectivity index (χ4v) is 3.63. The lowest BCUT2D eigenvalue weighted by molar-refractivity contribution is -0.120. The van der Waals surface area contributed by atoms with Crippen molar-refractivity contribution in [2.24, 2.45) is 0 Å². The van der Waals surface area contributed by atoms with Crippen LogP contribution in [0.5, 0.6) is 11.5 Å². The number of aryl methyl sites for hydroxylation is 1. The molecule has 7 heteroatoms. The molecule has 1 amide bonds. The molecule has 156 valence electrons. The van der Waals surface area contributed by atoms with Crippen LogP contribution in [-0.2, 0) is 17.8 Å². The molecule has 4 aromatic rings. The number of carbonyl (C=O) groups is 1. The summed E-state index contributed by atoms with van der Waals surface area (Å²) in [6.45, 7) is 2.21. The first-order chi connectivity index (χ1) is 15.1. The molecule has 0 saturated carbocycles. The van der Waals surface area contributed by atoms with Gasteiger partial charge in [0.25, 0.3) is 0 Å². The topological polar surface area (TPSA) is 64.1 Å². The highest BCUT2D eigenvalue weighted by atomic mass is 32.1. The Hall–Kier alpha value is -3.58. The van der Waals surface area contributed by atoms with Crippen LogP contribution in [0.1, 0.15) is 16.1 Å². The van der Waals surface area contributed by atoms with E-state index < -0.39 is 5.82 Å². The van der Waals surface area contributed by atoms with Gasteiger partial charge in [-0.2, -0.15) is 0 Å². The standard InChI is InChI=1S/C24H20FN3O2S/c1-16-28-22(15-31-16)19-7-4-17(5-8-19)12-24(29)27-13-18-6-9-23(21(25)11-18)30-20-3-2-10-26-14-20/h2-11,14-15H,12-13H2,1H3,(H,27,29). The molecule has 0 aliphatic heterocycles. The number of nitrogens with zero attached hydrogens (tertiary/aromatic N) is 2. The average molecular weight is 434 g/mol. The van der Waals surface area contributed by atoms with E-state index in [-0.39, 0.29) is 24.6 Å². The fourth-order valence-electron chi connectivity index (χ4n) is 3.01. The van der Waals surface area contributed by atoms with E-state index in [4.69, 9.17) is 4.74 Å². The molecule has 4 rings (SSSR count). The Morgan fingerprint density at radius 3 is 2.61 bits per heavy atom. The Balaban J connectivity index is 1.31. The molecule has 31 heavy (non-hydrogen) atoms. The maximum Gasteiger partial charge on any atom is 0.224 e. The largest absolute Gasteiger partial charge is 0.453 e. The number of hydrogen-bond acceptors (Lipinski definition) is 5. The van der Waals surface area contributed by atoms with Crippen molar-refractivity contribution in [3.05, 3.63) is 94.3 Å². The van der Waals surface area contributed by atoms with Crippen LogP contribution in [0, 0.1) is 12.7 Å². The number of carbonyl (C=O) groups excluding carboxylic acids is 1. The monoisotopic (exact) mass is 433 g/mol. The van der Waals surface area contributed by atoms with Crippen molar-refractivity contribution in [3.8, 4) is 22.8 Å². The summed E-state index contributed by atoms with van der Waals surface area (Å²) in [6.07, 6.45) is 3.38. The second-order valence-corrected chi connectivity index (χ2v) is 8.02. The number of pyridine rings is 1. The van der Waals surface area contributed by atoms with Crippen LogP contribution in [0.3, 0.4) is 0 Å². The third-order valence-electron chi connectivity index (χ3n) is 4.58. The summed E-state index contributed by atoms with van der Waals surface area (Å²) in [5, 5.41) is 5.86. The van der Waals surface area contributed by atoms with Gasteiger partial charge in [-0.25, -0.2) is 9.37 Å². The fraction of sp³-hybridized carbons (Fsp3) is 0.125. The van der Waals surface area contributed by atoms with Crippen molar-refractivity contribution < 1.29 is 13.9 Å². The number of aromatic nitrogens is 2. The lowest BCUT2D eigenvalue weighted by atomic mass is 10.1. The number of amides is 1. The van der Waals surface area contributed by atoms with Gasteiger partial charge in [0.1, 0.15) is 5.75 Å². The van der Waals surface area contributed by atoms with Crippen LogP contribution in [0.2, 0.25) is 0 Å². The minimum atomic E-state index is -0.497. The Labute approximate surface area is 183 Å². The quantitative estimate of drug-likeness (QED) is 0.429. The lowest BCUT2D eigenvalue weighted by Crippen LogP contribution is -2.24. The van der Waals surface area contributed by atoms with E-state index in [2.05, 4.69) is 15.3 Å². The molecule has 1 N–H and O–H groups in total. The normalized spacial score (nSPS) is 10.6. The molecule has 0 fully saturated rings. The minimum Gasteiger partial charge on any atom is -0.453 e. The van der Waals surface area contributed by atoms with E-state index in [0.717, 1.165) is 21.8 Å². The molecule has 0 spiro atoms. The molecule has 0 saturated heterocycles. The van der Waals surface area contributed by atoms with E-state index in [0.29, 0.717) is 11.3 Å². The third kappa shape index (κ3) is 5.52. The summed E-state index contributed by atoms with van der Waals surface area (Å²) in [5.74, 6) is -0.0614. The van der Waals surface area contributed by atoms with Crippen LogP contribution >= 0.6 is 11.3 Å². The second kappa shape index (κ2) is 9.49. The number of benzene rings is 2. The second-order valence-electron chi connectivity index (χ2n) is 6.96. The highest BCUT2D eigenvalue weighted by Gasteiger charge is 2.09. The number of hydrogen-bond donors (Lipinski definition) is 1. The van der Waals surface area contributed by atoms with E-state index in [9.17, 15) is 9.18 Å². The van der Waals surface area contributed by atoms with E-state index in [1.807, 2.05) is 36.6 Å². The molecular formula is C24H20FN3O2S. The molecule has 2 heterocycles. The molecule has 0 bridgehead atoms. The van der Waals surface area contributed by atoms with Crippen molar-refractivity contribution in [2.75, 3.05) is 0 Å². The Bertz CT molecular complexity index is 1180. The van der Waals surface area contributed by atoms with Gasteiger partial charge < -0.3 is 10.1 Å². The van der Waals surface area contributed by atoms with Gasteiger partial charge in [0.05, 0.1) is 23.3 Å². The van der Waals surface area contributed by atoms with Crippen LogP contribution in [-0.4, -0.2) is 15.9 Å². The van der Waals surface area contributed by atoms with Gasteiger partial charge in [-0.05, 0) is 42.3 Å². The van der Waals surface area contributed by atoms with Crippen molar-refractivity contribution in [1.82, 2.24) is 15.3 Å². The number of ether oxygens (including phenoxy) is 1. The van der Waals surface area contributed by atoms with Gasteiger partial charge in [0.15, 0.2) is 11.6 Å². The van der Waals surface area contributed by atoms with Crippen molar-refractivity contribution in [2.45, 2.75) is 19.9 Å². The maximum atomic E-state index is 14.3. The van der Waals surface area contributed by atoms with Crippen molar-refractivity contribution >= 4 is 17.2 Å². The number of thiazole rings is 1. The molecule has 2 aromatic heterocycles. The minimum absolute atomic E-state index is 0.110. The molecular weight excluding hydrogens is 413 g/mol. The maximum absolute atomic E-state index is 14.3. The van der Waals surface area contributed by atoms with Crippen LogP contribution in [0.15, 0.2) is 72.4 Å². The van der Waals surface area contributed by atoms with Gasteiger partial charge in [0.2, 0.25) is 5.91 Å². The summed E-state index contributed by atoms with van der Waals surface area (Å²) in [6, 6.07) is 15.8. The molecule has 0 radical (unpaired) electrons. The predicted octanol–water partition coefficient (Wildman–Crippen LogP) is 5.30. The number of nitrogens with one attached hydrogen (secondary N) is 1. The van der Waals surface area contributed by atoms with E-state index in [1.165, 1.54) is 12.3 Å². The Morgan fingerprint density at radius 1 is 1.13 bits per heavy atom. The van der Waals surface area contributed by atoms with Crippen LogP contribution in [0.4, 0.5) is 4.39 Å². The zero-order valence-corrected chi connectivity index (χ0v) is 17.7. The summed E-state index contributed by atoms with van der Waals surface area (Å²) >= 11 is 1.61. The summed E-state index contributed by atoms with van der Waals surface area (Å²) in [4.78, 5) is 20.7. The molecule has 0 aliphatic carbocycles. The van der Waals surface area contributed by atoms with Gasteiger partial charge in [-0.3, -0.25) is 9.78 Å². The number of halogens is 1. The van der Waals surface area contributed by atoms with Crippen LogP contribution < -0.4 is 10.1 Å². The highest BCUT2D eigenvalue weighted by molar-refractivity contribution is 7.09. The smallest absolute Gasteiger partial charge is 0.224 e. The average Bonchev–Trinajstić information content (AvgIpc) is 3.21. The first kappa shape index (κ1) is 20.7. The third-order valence-corrected chi connectivity index (χ3v) is 5.36. The molecule has 0 unspecified atom stereocenters. The van der Waals surface area contributed by atoms with Gasteiger partial charge in [-0.15, -0.1) is 11.3 Å². The zero-order chi connectivity index (χ0) is 21.6. The van der Waals surface area contributed by atoms with E-state index in [1.54, 1.807) is 41.8 Å². The first-order valence-corrected chi connectivity index (χ1v) is 10.6. The SMILES string of the molecule is Cc1nc(-c2ccc(CC(=O)NCc3ccc(Oc4cccnc4)c(F)c3)cc2)cs1. The van der Waals surface area contributed by atoms with Gasteiger partial charge in [-0.1, -0.05) is 30.3 Å². The van der Waals surface area contributed by atoms with Gasteiger partial charge in [0, 0.05) is 23.7 Å². The van der Waals surface area contributed by atoms with Crippen LogP contribution in [0.25, 0.3) is 11.3 Å². The first-order valence-electron chi connectivity index (χ1n) is 9.71. The lowest BCUT2D eigenvalue weighted by Gasteiger charge is -2.09. The molecule has 2 aromatic carbocycles. The highest BCUT2D eigenvalue weighted by Crippen LogP contribution is 2.25. The predicted molar refractivity (Wildman–Crippen MR) is 119 cm³/mol. The molecule has 0 aliphatic rings. The molecule has 0 atom stereocenters. The van der Waals surface area contributed by atoms with E-state index >= 15 is 0 Å². The zero-order valence-electron chi connectivity index (χ0n) is 16.8. The van der Waals surface area contributed by atoms with Crippen molar-refractivity contribution in [3.63, 3.8) is 0 Å². The molecule has 5 nitrogen and oxygen atoms in total. The van der Waals surface area contributed by atoms with Crippen molar-refractivity contribution in [1.29, 1.82) is 0 Å². The Kier molecular flexibility index (Phi) is 6.33.